The molecule has 18 heavy (non-hydrogen) atoms. The molecule has 2 rings (SSSR count). The topological polar surface area (TPSA) is 26.0 Å². The number of aryl methyl sites for hydroxylation is 1. The van der Waals surface area contributed by atoms with Gasteiger partial charge in [-0.05, 0) is 36.8 Å². The van der Waals surface area contributed by atoms with Crippen LogP contribution in [0, 0.1) is 6.92 Å². The van der Waals surface area contributed by atoms with E-state index >= 15 is 0 Å². The van der Waals surface area contributed by atoms with Crippen molar-refractivity contribution in [2.75, 3.05) is 6.54 Å². The first-order valence-corrected chi connectivity index (χ1v) is 7.13. The van der Waals surface area contributed by atoms with Crippen molar-refractivity contribution in [3.63, 3.8) is 0 Å². The van der Waals surface area contributed by atoms with Gasteiger partial charge in [-0.2, -0.15) is 0 Å². The molecule has 0 fully saturated rings. The molecule has 0 heterocycles. The maximum Gasteiger partial charge on any atom is 0.0466 e. The Bertz CT molecular complexity index is 510. The molecule has 0 saturated carbocycles. The molecule has 2 aromatic carbocycles. The number of thioether (sulfide) groups is 1. The third-order valence-corrected chi connectivity index (χ3v) is 4.25. The summed E-state index contributed by atoms with van der Waals surface area (Å²) in [6.07, 6.45) is 0. The van der Waals surface area contributed by atoms with E-state index in [1.54, 1.807) is 11.8 Å². The zero-order valence-corrected chi connectivity index (χ0v) is 11.8. The Hall–Kier alpha value is -0.960. The first-order valence-electron chi connectivity index (χ1n) is 5.88. The summed E-state index contributed by atoms with van der Waals surface area (Å²) in [6, 6.07) is 16.4. The Kier molecular flexibility index (Phi) is 4.70. The van der Waals surface area contributed by atoms with Crippen molar-refractivity contribution < 1.29 is 0 Å². The molecule has 3 heteroatoms. The van der Waals surface area contributed by atoms with E-state index in [1.807, 2.05) is 24.3 Å². The number of nitrogens with two attached hydrogens (primary N) is 1. The summed E-state index contributed by atoms with van der Waals surface area (Å²) in [5.41, 5.74) is 8.36. The van der Waals surface area contributed by atoms with E-state index in [0.717, 1.165) is 5.02 Å². The molecule has 2 aromatic rings. The van der Waals surface area contributed by atoms with Crippen LogP contribution in [0.3, 0.4) is 0 Å². The minimum atomic E-state index is 0.268. The van der Waals surface area contributed by atoms with Crippen LogP contribution in [-0.2, 0) is 0 Å². The second-order valence-electron chi connectivity index (χ2n) is 4.21. The van der Waals surface area contributed by atoms with Gasteiger partial charge in [-0.1, -0.05) is 41.4 Å². The third-order valence-electron chi connectivity index (χ3n) is 2.72. The van der Waals surface area contributed by atoms with Crippen molar-refractivity contribution in [3.05, 3.63) is 64.7 Å². The molecule has 0 bridgehead atoms. The third kappa shape index (κ3) is 3.52. The van der Waals surface area contributed by atoms with Gasteiger partial charge in [0.1, 0.15) is 0 Å². The zero-order chi connectivity index (χ0) is 13.0. The smallest absolute Gasteiger partial charge is 0.0466 e. The average molecular weight is 278 g/mol. The summed E-state index contributed by atoms with van der Waals surface area (Å²) in [5.74, 6) is 0. The van der Waals surface area contributed by atoms with Crippen molar-refractivity contribution in [2.24, 2.45) is 5.73 Å². The fourth-order valence-electron chi connectivity index (χ4n) is 1.78. The summed E-state index contributed by atoms with van der Waals surface area (Å²) in [6.45, 7) is 2.71. The van der Waals surface area contributed by atoms with E-state index in [2.05, 4.69) is 31.2 Å². The lowest BCUT2D eigenvalue weighted by molar-refractivity contribution is 0.941. The van der Waals surface area contributed by atoms with Crippen molar-refractivity contribution in [3.8, 4) is 0 Å². The summed E-state index contributed by atoms with van der Waals surface area (Å²) in [7, 11) is 0. The van der Waals surface area contributed by atoms with Gasteiger partial charge in [0.15, 0.2) is 0 Å². The van der Waals surface area contributed by atoms with Gasteiger partial charge in [0.05, 0.1) is 0 Å². The molecule has 1 nitrogen and oxygen atoms in total. The predicted octanol–water partition coefficient (Wildman–Crippen LogP) is 4.44. The van der Waals surface area contributed by atoms with Gasteiger partial charge in [0, 0.05) is 21.7 Å². The minimum Gasteiger partial charge on any atom is -0.329 e. The van der Waals surface area contributed by atoms with Crippen LogP contribution in [0.2, 0.25) is 5.02 Å². The second kappa shape index (κ2) is 6.28. The number of hydrogen-bond acceptors (Lipinski definition) is 2. The van der Waals surface area contributed by atoms with Gasteiger partial charge in [-0.15, -0.1) is 11.8 Å². The molecule has 2 N–H and O–H groups in total. The van der Waals surface area contributed by atoms with E-state index in [-0.39, 0.29) is 5.25 Å². The fraction of sp³-hybridized carbons (Fsp3) is 0.200. The number of rotatable bonds is 4. The average Bonchev–Trinajstić information content (AvgIpc) is 2.37. The van der Waals surface area contributed by atoms with Crippen molar-refractivity contribution in [1.82, 2.24) is 0 Å². The quantitative estimate of drug-likeness (QED) is 0.836. The molecule has 0 saturated heterocycles. The zero-order valence-electron chi connectivity index (χ0n) is 10.3. The molecule has 0 aliphatic rings. The predicted molar refractivity (Wildman–Crippen MR) is 80.3 cm³/mol. The lowest BCUT2D eigenvalue weighted by atomic mass is 10.1. The Morgan fingerprint density at radius 3 is 2.50 bits per heavy atom. The monoisotopic (exact) mass is 277 g/mol. The van der Waals surface area contributed by atoms with Crippen molar-refractivity contribution in [1.29, 1.82) is 0 Å². The van der Waals surface area contributed by atoms with Gasteiger partial charge in [0.25, 0.3) is 0 Å². The number of benzene rings is 2. The SMILES string of the molecule is Cc1cccc(SC(CN)c2ccc(Cl)cc2)c1. The Morgan fingerprint density at radius 2 is 1.89 bits per heavy atom. The molecular weight excluding hydrogens is 262 g/mol. The van der Waals surface area contributed by atoms with Crippen molar-refractivity contribution >= 4 is 23.4 Å². The highest BCUT2D eigenvalue weighted by Gasteiger charge is 2.11. The maximum absolute atomic E-state index is 5.90. The molecule has 0 radical (unpaired) electrons. The minimum absolute atomic E-state index is 0.268. The summed E-state index contributed by atoms with van der Waals surface area (Å²) >= 11 is 7.70. The number of hydrogen-bond donors (Lipinski definition) is 1. The molecule has 0 aliphatic heterocycles. The van der Waals surface area contributed by atoms with Gasteiger partial charge < -0.3 is 5.73 Å². The van der Waals surface area contributed by atoms with Gasteiger partial charge in [-0.25, -0.2) is 0 Å². The number of halogens is 1. The molecule has 0 spiro atoms. The van der Waals surface area contributed by atoms with Gasteiger partial charge in [-0.3, -0.25) is 0 Å². The lowest BCUT2D eigenvalue weighted by Crippen LogP contribution is -2.09. The maximum atomic E-state index is 5.90. The Balaban J connectivity index is 2.17. The van der Waals surface area contributed by atoms with Crippen LogP contribution >= 0.6 is 23.4 Å². The highest BCUT2D eigenvalue weighted by atomic mass is 35.5. The second-order valence-corrected chi connectivity index (χ2v) is 5.92. The molecule has 0 amide bonds. The Morgan fingerprint density at radius 1 is 1.17 bits per heavy atom. The van der Waals surface area contributed by atoms with Crippen LogP contribution in [0.1, 0.15) is 16.4 Å². The molecule has 1 atom stereocenters. The van der Waals surface area contributed by atoms with E-state index in [9.17, 15) is 0 Å². The van der Waals surface area contributed by atoms with E-state index < -0.39 is 0 Å². The van der Waals surface area contributed by atoms with Crippen LogP contribution < -0.4 is 5.73 Å². The normalized spacial score (nSPS) is 12.4. The van der Waals surface area contributed by atoms with Gasteiger partial charge in [0.2, 0.25) is 0 Å². The van der Waals surface area contributed by atoms with Crippen LogP contribution in [-0.4, -0.2) is 6.54 Å². The first kappa shape index (κ1) is 13.5. The first-order chi connectivity index (χ1) is 8.69. The molecule has 1 unspecified atom stereocenters. The van der Waals surface area contributed by atoms with Crippen LogP contribution in [0.5, 0.6) is 0 Å². The van der Waals surface area contributed by atoms with E-state index in [4.69, 9.17) is 17.3 Å². The summed E-state index contributed by atoms with van der Waals surface area (Å²) in [5, 5.41) is 1.03. The van der Waals surface area contributed by atoms with Crippen LogP contribution in [0.15, 0.2) is 53.4 Å². The summed E-state index contributed by atoms with van der Waals surface area (Å²) in [4.78, 5) is 1.25. The van der Waals surface area contributed by atoms with Crippen molar-refractivity contribution in [2.45, 2.75) is 17.1 Å². The highest BCUT2D eigenvalue weighted by Crippen LogP contribution is 2.35. The van der Waals surface area contributed by atoms with Crippen LogP contribution in [0.4, 0.5) is 0 Å². The largest absolute Gasteiger partial charge is 0.329 e. The fourth-order valence-corrected chi connectivity index (χ4v) is 3.04. The van der Waals surface area contributed by atoms with E-state index in [1.165, 1.54) is 16.0 Å². The standard InChI is InChI=1S/C15H16ClNS/c1-11-3-2-4-14(9-11)18-15(10-17)12-5-7-13(16)8-6-12/h2-9,15H,10,17H2,1H3. The van der Waals surface area contributed by atoms with E-state index in [0.29, 0.717) is 6.54 Å². The molecule has 0 aliphatic carbocycles. The molecular formula is C15H16ClNS. The summed E-state index contributed by atoms with van der Waals surface area (Å²) < 4.78 is 0. The van der Waals surface area contributed by atoms with Crippen LogP contribution in [0.25, 0.3) is 0 Å². The highest BCUT2D eigenvalue weighted by molar-refractivity contribution is 7.99. The molecule has 94 valence electrons. The molecule has 0 aromatic heterocycles. The Labute approximate surface area is 117 Å². The van der Waals surface area contributed by atoms with Gasteiger partial charge >= 0.3 is 0 Å². The lowest BCUT2D eigenvalue weighted by Gasteiger charge is -2.15.